The molecule has 0 heterocycles. The van der Waals surface area contributed by atoms with Crippen LogP contribution in [0.1, 0.15) is 15.9 Å². The SMILES string of the molecule is O=C(c1ccccc1)c1ccc(OCC(F)(F)F)cc1. The minimum absolute atomic E-state index is 0.0759. The van der Waals surface area contributed by atoms with Crippen LogP contribution in [-0.2, 0) is 0 Å². The van der Waals surface area contributed by atoms with E-state index in [1.54, 1.807) is 30.3 Å². The minimum Gasteiger partial charge on any atom is -0.484 e. The summed E-state index contributed by atoms with van der Waals surface area (Å²) >= 11 is 0. The summed E-state index contributed by atoms with van der Waals surface area (Å²) in [4.78, 5) is 12.1. The van der Waals surface area contributed by atoms with Gasteiger partial charge in [0.25, 0.3) is 0 Å². The molecule has 0 aliphatic rings. The van der Waals surface area contributed by atoms with Gasteiger partial charge in [0.15, 0.2) is 12.4 Å². The minimum atomic E-state index is -4.38. The first kappa shape index (κ1) is 14.1. The molecule has 0 radical (unpaired) electrons. The molecule has 0 amide bonds. The molecule has 0 bridgehead atoms. The van der Waals surface area contributed by atoms with E-state index in [1.807, 2.05) is 0 Å². The van der Waals surface area contributed by atoms with Crippen LogP contribution < -0.4 is 4.74 Å². The highest BCUT2D eigenvalue weighted by atomic mass is 19.4. The van der Waals surface area contributed by atoms with Gasteiger partial charge in [-0.3, -0.25) is 4.79 Å². The molecule has 20 heavy (non-hydrogen) atoms. The molecule has 2 aromatic rings. The maximum Gasteiger partial charge on any atom is 0.422 e. The average molecular weight is 280 g/mol. The van der Waals surface area contributed by atoms with E-state index in [4.69, 9.17) is 0 Å². The predicted molar refractivity (Wildman–Crippen MR) is 67.9 cm³/mol. The lowest BCUT2D eigenvalue weighted by atomic mass is 10.0. The number of halogens is 3. The van der Waals surface area contributed by atoms with E-state index in [0.29, 0.717) is 11.1 Å². The standard InChI is InChI=1S/C15H11F3O2/c16-15(17,18)10-20-13-8-6-12(7-9-13)14(19)11-4-2-1-3-5-11/h1-9H,10H2. The van der Waals surface area contributed by atoms with Crippen molar-refractivity contribution in [3.05, 3.63) is 65.7 Å². The highest BCUT2D eigenvalue weighted by Crippen LogP contribution is 2.19. The number of hydrogen-bond donors (Lipinski definition) is 0. The average Bonchev–Trinajstić information content (AvgIpc) is 2.45. The van der Waals surface area contributed by atoms with Crippen LogP contribution in [0.3, 0.4) is 0 Å². The summed E-state index contributed by atoms with van der Waals surface area (Å²) in [5.74, 6) is -0.111. The van der Waals surface area contributed by atoms with Gasteiger partial charge in [0.1, 0.15) is 5.75 Å². The number of benzene rings is 2. The zero-order valence-electron chi connectivity index (χ0n) is 10.4. The van der Waals surface area contributed by atoms with E-state index in [-0.39, 0.29) is 11.5 Å². The number of ketones is 1. The maximum absolute atomic E-state index is 12.1. The Morgan fingerprint density at radius 2 is 1.45 bits per heavy atom. The smallest absolute Gasteiger partial charge is 0.422 e. The monoisotopic (exact) mass is 280 g/mol. The third-order valence-corrected chi connectivity index (χ3v) is 2.55. The molecule has 2 rings (SSSR count). The van der Waals surface area contributed by atoms with Crippen molar-refractivity contribution in [2.24, 2.45) is 0 Å². The van der Waals surface area contributed by atoms with Gasteiger partial charge in [0, 0.05) is 11.1 Å². The molecular weight excluding hydrogens is 269 g/mol. The van der Waals surface area contributed by atoms with E-state index in [1.165, 1.54) is 24.3 Å². The Hall–Kier alpha value is -2.30. The van der Waals surface area contributed by atoms with Crippen LogP contribution in [0, 0.1) is 0 Å². The van der Waals surface area contributed by atoms with Crippen molar-refractivity contribution >= 4 is 5.78 Å². The molecule has 0 atom stereocenters. The molecule has 0 aromatic heterocycles. The zero-order chi connectivity index (χ0) is 14.6. The maximum atomic E-state index is 12.1. The first-order valence-corrected chi connectivity index (χ1v) is 5.85. The summed E-state index contributed by atoms with van der Waals surface area (Å²) < 4.78 is 40.5. The Morgan fingerprint density at radius 3 is 2.00 bits per heavy atom. The second kappa shape index (κ2) is 5.77. The highest BCUT2D eigenvalue weighted by molar-refractivity contribution is 6.08. The van der Waals surface area contributed by atoms with Gasteiger partial charge in [-0.2, -0.15) is 13.2 Å². The quantitative estimate of drug-likeness (QED) is 0.795. The Balaban J connectivity index is 2.07. The number of hydrogen-bond acceptors (Lipinski definition) is 2. The molecular formula is C15H11F3O2. The molecule has 0 unspecified atom stereocenters. The summed E-state index contributed by atoms with van der Waals surface area (Å²) in [7, 11) is 0. The van der Waals surface area contributed by atoms with Crippen molar-refractivity contribution in [2.45, 2.75) is 6.18 Å². The number of carbonyl (C=O) groups is 1. The molecule has 0 fully saturated rings. The highest BCUT2D eigenvalue weighted by Gasteiger charge is 2.28. The van der Waals surface area contributed by atoms with Crippen molar-refractivity contribution < 1.29 is 22.7 Å². The lowest BCUT2D eigenvalue weighted by Crippen LogP contribution is -2.19. The Labute approximate surface area is 113 Å². The van der Waals surface area contributed by atoms with Crippen LogP contribution in [0.4, 0.5) is 13.2 Å². The number of alkyl halides is 3. The summed E-state index contributed by atoms with van der Waals surface area (Å²) in [6.45, 7) is -1.35. The first-order chi connectivity index (χ1) is 9.46. The van der Waals surface area contributed by atoms with Gasteiger partial charge in [-0.25, -0.2) is 0 Å². The fraction of sp³-hybridized carbons (Fsp3) is 0.133. The summed E-state index contributed by atoms with van der Waals surface area (Å²) in [6.07, 6.45) is -4.38. The summed E-state index contributed by atoms with van der Waals surface area (Å²) in [6, 6.07) is 14.2. The van der Waals surface area contributed by atoms with Gasteiger partial charge >= 0.3 is 6.18 Å². The molecule has 0 saturated heterocycles. The van der Waals surface area contributed by atoms with Crippen LogP contribution in [-0.4, -0.2) is 18.6 Å². The molecule has 2 aromatic carbocycles. The molecule has 0 aliphatic carbocycles. The van der Waals surface area contributed by atoms with Crippen LogP contribution in [0.5, 0.6) is 5.75 Å². The molecule has 5 heteroatoms. The fourth-order valence-corrected chi connectivity index (χ4v) is 1.62. The van der Waals surface area contributed by atoms with Crippen LogP contribution in [0.15, 0.2) is 54.6 Å². The van der Waals surface area contributed by atoms with Crippen molar-refractivity contribution in [1.29, 1.82) is 0 Å². The second-order valence-corrected chi connectivity index (χ2v) is 4.12. The van der Waals surface area contributed by atoms with E-state index in [9.17, 15) is 18.0 Å². The topological polar surface area (TPSA) is 26.3 Å². The van der Waals surface area contributed by atoms with E-state index in [0.717, 1.165) is 0 Å². The largest absolute Gasteiger partial charge is 0.484 e. The van der Waals surface area contributed by atoms with E-state index in [2.05, 4.69) is 4.74 Å². The first-order valence-electron chi connectivity index (χ1n) is 5.85. The fourth-order valence-electron chi connectivity index (χ4n) is 1.62. The number of rotatable bonds is 4. The van der Waals surface area contributed by atoms with Crippen molar-refractivity contribution in [3.8, 4) is 5.75 Å². The van der Waals surface area contributed by atoms with E-state index >= 15 is 0 Å². The van der Waals surface area contributed by atoms with Crippen LogP contribution >= 0.6 is 0 Å². The predicted octanol–water partition coefficient (Wildman–Crippen LogP) is 3.86. The van der Waals surface area contributed by atoms with Gasteiger partial charge in [-0.1, -0.05) is 30.3 Å². The van der Waals surface area contributed by atoms with Gasteiger partial charge in [-0.05, 0) is 24.3 Å². The second-order valence-electron chi connectivity index (χ2n) is 4.12. The Bertz CT molecular complexity index is 574. The Morgan fingerprint density at radius 1 is 0.900 bits per heavy atom. The lowest BCUT2D eigenvalue weighted by Gasteiger charge is -2.09. The van der Waals surface area contributed by atoms with Crippen LogP contribution in [0.2, 0.25) is 0 Å². The van der Waals surface area contributed by atoms with Crippen molar-refractivity contribution in [2.75, 3.05) is 6.61 Å². The molecule has 0 saturated carbocycles. The normalized spacial score (nSPS) is 11.2. The van der Waals surface area contributed by atoms with Gasteiger partial charge in [-0.15, -0.1) is 0 Å². The number of ether oxygens (including phenoxy) is 1. The lowest BCUT2D eigenvalue weighted by molar-refractivity contribution is -0.153. The third-order valence-electron chi connectivity index (χ3n) is 2.55. The summed E-state index contributed by atoms with van der Waals surface area (Å²) in [5, 5.41) is 0. The van der Waals surface area contributed by atoms with E-state index < -0.39 is 12.8 Å². The molecule has 104 valence electrons. The van der Waals surface area contributed by atoms with Crippen molar-refractivity contribution in [3.63, 3.8) is 0 Å². The zero-order valence-corrected chi connectivity index (χ0v) is 10.4. The van der Waals surface area contributed by atoms with Gasteiger partial charge < -0.3 is 4.74 Å². The van der Waals surface area contributed by atoms with Crippen LogP contribution in [0.25, 0.3) is 0 Å². The third kappa shape index (κ3) is 3.85. The summed E-state index contributed by atoms with van der Waals surface area (Å²) in [5.41, 5.74) is 0.923. The molecule has 0 spiro atoms. The number of carbonyl (C=O) groups excluding carboxylic acids is 1. The Kier molecular flexibility index (Phi) is 4.08. The van der Waals surface area contributed by atoms with Gasteiger partial charge in [0.2, 0.25) is 0 Å². The van der Waals surface area contributed by atoms with Gasteiger partial charge in [0.05, 0.1) is 0 Å². The molecule has 0 aliphatic heterocycles. The van der Waals surface area contributed by atoms with Crippen molar-refractivity contribution in [1.82, 2.24) is 0 Å². The molecule has 0 N–H and O–H groups in total. The molecule has 2 nitrogen and oxygen atoms in total.